The monoisotopic (exact) mass is 435 g/mol. The minimum Gasteiger partial charge on any atom is -0.352 e. The lowest BCUT2D eigenvalue weighted by Crippen LogP contribution is -2.26. The molecule has 0 saturated carbocycles. The molecule has 2 aromatic heterocycles. The molecule has 3 aromatic rings. The van der Waals surface area contributed by atoms with Crippen LogP contribution in [0, 0.1) is 5.92 Å². The van der Waals surface area contributed by atoms with Gasteiger partial charge in [0.05, 0.1) is 22.8 Å². The Morgan fingerprint density at radius 1 is 1.28 bits per heavy atom. The van der Waals surface area contributed by atoms with Crippen molar-refractivity contribution in [1.82, 2.24) is 25.4 Å². The van der Waals surface area contributed by atoms with E-state index in [2.05, 4.69) is 15.7 Å². The van der Waals surface area contributed by atoms with Crippen molar-refractivity contribution >= 4 is 41.8 Å². The first kappa shape index (κ1) is 23.1. The SMILES string of the molecule is CCn1ncc2c(C(=O)NCCC3CCNC3)cc(-c3ccccc3)nc21.Cl.Cl. The van der Waals surface area contributed by atoms with E-state index in [0.717, 1.165) is 41.8 Å². The van der Waals surface area contributed by atoms with E-state index in [4.69, 9.17) is 4.98 Å². The number of nitrogens with one attached hydrogen (secondary N) is 2. The second-order valence-electron chi connectivity index (χ2n) is 7.02. The first-order valence-electron chi connectivity index (χ1n) is 9.67. The van der Waals surface area contributed by atoms with Crippen LogP contribution in [-0.2, 0) is 6.54 Å². The Bertz CT molecular complexity index is 939. The van der Waals surface area contributed by atoms with E-state index < -0.39 is 0 Å². The van der Waals surface area contributed by atoms with Gasteiger partial charge in [0, 0.05) is 18.7 Å². The molecule has 1 aromatic carbocycles. The molecular formula is C21H27Cl2N5O. The number of amides is 1. The highest BCUT2D eigenvalue weighted by Crippen LogP contribution is 2.25. The molecule has 1 aliphatic heterocycles. The normalized spacial score (nSPS) is 15.6. The molecule has 0 bridgehead atoms. The van der Waals surface area contributed by atoms with Crippen LogP contribution < -0.4 is 10.6 Å². The summed E-state index contributed by atoms with van der Waals surface area (Å²) in [6, 6.07) is 11.8. The number of pyridine rings is 1. The molecule has 1 amide bonds. The van der Waals surface area contributed by atoms with E-state index in [-0.39, 0.29) is 30.7 Å². The highest BCUT2D eigenvalue weighted by atomic mass is 35.5. The van der Waals surface area contributed by atoms with Crippen LogP contribution in [-0.4, -0.2) is 40.3 Å². The van der Waals surface area contributed by atoms with Crippen LogP contribution in [0.5, 0.6) is 0 Å². The van der Waals surface area contributed by atoms with Gasteiger partial charge in [-0.05, 0) is 44.8 Å². The molecule has 0 aliphatic carbocycles. The summed E-state index contributed by atoms with van der Waals surface area (Å²) in [4.78, 5) is 17.7. The first-order valence-corrected chi connectivity index (χ1v) is 9.67. The molecule has 0 spiro atoms. The Morgan fingerprint density at radius 2 is 2.07 bits per heavy atom. The number of fused-ring (bicyclic) bond motifs is 1. The minimum atomic E-state index is -0.0545. The van der Waals surface area contributed by atoms with E-state index in [9.17, 15) is 4.79 Å². The van der Waals surface area contributed by atoms with Crippen molar-refractivity contribution in [1.29, 1.82) is 0 Å². The van der Waals surface area contributed by atoms with Gasteiger partial charge in [0.1, 0.15) is 0 Å². The van der Waals surface area contributed by atoms with Crippen LogP contribution in [0.4, 0.5) is 0 Å². The fourth-order valence-electron chi connectivity index (χ4n) is 3.67. The second-order valence-corrected chi connectivity index (χ2v) is 7.02. The van der Waals surface area contributed by atoms with Crippen LogP contribution in [0.2, 0.25) is 0 Å². The largest absolute Gasteiger partial charge is 0.352 e. The van der Waals surface area contributed by atoms with Gasteiger partial charge < -0.3 is 10.6 Å². The Hall–Kier alpha value is -2.15. The summed E-state index contributed by atoms with van der Waals surface area (Å²) in [5.74, 6) is 0.603. The Balaban J connectivity index is 0.00000150. The number of halogens is 2. The summed E-state index contributed by atoms with van der Waals surface area (Å²) in [5, 5.41) is 11.7. The summed E-state index contributed by atoms with van der Waals surface area (Å²) in [5.41, 5.74) is 3.19. The lowest BCUT2D eigenvalue weighted by atomic mass is 10.0. The second kappa shape index (κ2) is 10.6. The average molecular weight is 436 g/mol. The van der Waals surface area contributed by atoms with E-state index in [1.165, 1.54) is 6.42 Å². The molecule has 3 heterocycles. The number of nitrogens with zero attached hydrogens (tertiary/aromatic N) is 3. The Labute approximate surface area is 183 Å². The quantitative estimate of drug-likeness (QED) is 0.618. The van der Waals surface area contributed by atoms with Gasteiger partial charge in [-0.15, -0.1) is 24.8 Å². The predicted molar refractivity (Wildman–Crippen MR) is 121 cm³/mol. The van der Waals surface area contributed by atoms with Gasteiger partial charge in [0.15, 0.2) is 5.65 Å². The van der Waals surface area contributed by atoms with Gasteiger partial charge >= 0.3 is 0 Å². The number of carbonyl (C=O) groups is 1. The standard InChI is InChI=1S/C21H25N5O.2ClH/c1-2-26-20-18(14-24-26)17(12-19(25-20)16-6-4-3-5-7-16)21(27)23-11-9-15-8-10-22-13-15;;/h3-7,12,14-15,22H,2,8-11,13H2,1H3,(H,23,27);2*1H. The molecule has 29 heavy (non-hydrogen) atoms. The lowest BCUT2D eigenvalue weighted by Gasteiger charge is -2.11. The highest BCUT2D eigenvalue weighted by Gasteiger charge is 2.18. The molecule has 2 N–H and O–H groups in total. The molecule has 1 saturated heterocycles. The number of aryl methyl sites for hydroxylation is 1. The van der Waals surface area contributed by atoms with Crippen LogP contribution in [0.3, 0.4) is 0 Å². The van der Waals surface area contributed by atoms with E-state index in [0.29, 0.717) is 24.6 Å². The van der Waals surface area contributed by atoms with Gasteiger partial charge in [-0.2, -0.15) is 5.10 Å². The number of rotatable bonds is 6. The van der Waals surface area contributed by atoms with E-state index in [1.54, 1.807) is 6.20 Å². The van der Waals surface area contributed by atoms with Gasteiger partial charge in [-0.25, -0.2) is 9.67 Å². The summed E-state index contributed by atoms with van der Waals surface area (Å²) in [6.45, 7) is 5.57. The molecule has 1 unspecified atom stereocenters. The number of benzene rings is 1. The van der Waals surface area contributed by atoms with Crippen molar-refractivity contribution < 1.29 is 4.79 Å². The lowest BCUT2D eigenvalue weighted by molar-refractivity contribution is 0.0953. The Morgan fingerprint density at radius 3 is 2.76 bits per heavy atom. The zero-order chi connectivity index (χ0) is 18.6. The maximum absolute atomic E-state index is 12.9. The number of hydrogen-bond donors (Lipinski definition) is 2. The molecular weight excluding hydrogens is 409 g/mol. The minimum absolute atomic E-state index is 0. The van der Waals surface area contributed by atoms with E-state index >= 15 is 0 Å². The average Bonchev–Trinajstić information content (AvgIpc) is 3.37. The first-order chi connectivity index (χ1) is 13.3. The number of carbonyl (C=O) groups excluding carboxylic acids is 1. The van der Waals surface area contributed by atoms with Crippen LogP contribution in [0.15, 0.2) is 42.6 Å². The van der Waals surface area contributed by atoms with Gasteiger partial charge in [-0.3, -0.25) is 4.79 Å². The zero-order valence-electron chi connectivity index (χ0n) is 16.4. The maximum atomic E-state index is 12.9. The zero-order valence-corrected chi connectivity index (χ0v) is 18.1. The van der Waals surface area contributed by atoms with Gasteiger partial charge in [0.2, 0.25) is 0 Å². The topological polar surface area (TPSA) is 71.8 Å². The summed E-state index contributed by atoms with van der Waals surface area (Å²) in [6.07, 6.45) is 3.94. The van der Waals surface area contributed by atoms with Gasteiger partial charge in [-0.1, -0.05) is 30.3 Å². The fraction of sp³-hybridized carbons (Fsp3) is 0.381. The van der Waals surface area contributed by atoms with Crippen LogP contribution in [0.25, 0.3) is 22.3 Å². The molecule has 6 nitrogen and oxygen atoms in total. The van der Waals surface area contributed by atoms with Crippen molar-refractivity contribution in [2.75, 3.05) is 19.6 Å². The molecule has 4 rings (SSSR count). The molecule has 1 aliphatic rings. The third kappa shape index (κ3) is 5.07. The van der Waals surface area contributed by atoms with Crippen molar-refractivity contribution in [2.45, 2.75) is 26.3 Å². The third-order valence-electron chi connectivity index (χ3n) is 5.22. The Kier molecular flexibility index (Phi) is 8.44. The number of hydrogen-bond acceptors (Lipinski definition) is 4. The van der Waals surface area contributed by atoms with Crippen molar-refractivity contribution in [3.05, 3.63) is 48.2 Å². The van der Waals surface area contributed by atoms with Crippen molar-refractivity contribution in [3.8, 4) is 11.3 Å². The summed E-state index contributed by atoms with van der Waals surface area (Å²) >= 11 is 0. The molecule has 1 fully saturated rings. The fourth-order valence-corrected chi connectivity index (χ4v) is 3.67. The molecule has 0 radical (unpaired) electrons. The summed E-state index contributed by atoms with van der Waals surface area (Å²) in [7, 11) is 0. The third-order valence-corrected chi connectivity index (χ3v) is 5.22. The highest BCUT2D eigenvalue weighted by molar-refractivity contribution is 6.06. The van der Waals surface area contributed by atoms with E-state index in [1.807, 2.05) is 48.0 Å². The molecule has 1 atom stereocenters. The molecule has 8 heteroatoms. The van der Waals surface area contributed by atoms with Gasteiger partial charge in [0.25, 0.3) is 5.91 Å². The van der Waals surface area contributed by atoms with Crippen LogP contribution in [0.1, 0.15) is 30.1 Å². The smallest absolute Gasteiger partial charge is 0.252 e. The van der Waals surface area contributed by atoms with Crippen LogP contribution >= 0.6 is 24.8 Å². The maximum Gasteiger partial charge on any atom is 0.252 e. The van der Waals surface area contributed by atoms with Crippen molar-refractivity contribution in [2.24, 2.45) is 5.92 Å². The predicted octanol–water partition coefficient (Wildman–Crippen LogP) is 3.69. The number of aromatic nitrogens is 3. The molecule has 156 valence electrons. The van der Waals surface area contributed by atoms with Crippen molar-refractivity contribution in [3.63, 3.8) is 0 Å². The summed E-state index contributed by atoms with van der Waals surface area (Å²) < 4.78 is 1.84.